The molecule has 3 atom stereocenters. The van der Waals surface area contributed by atoms with Gasteiger partial charge in [-0.3, -0.25) is 4.79 Å². The summed E-state index contributed by atoms with van der Waals surface area (Å²) in [6.07, 6.45) is 3.49. The second kappa shape index (κ2) is 11.7. The molecule has 0 saturated heterocycles. The van der Waals surface area contributed by atoms with Crippen molar-refractivity contribution in [1.82, 2.24) is 0 Å². The normalized spacial score (nSPS) is 21.0. The zero-order chi connectivity index (χ0) is 21.0. The Morgan fingerprint density at radius 3 is 2.33 bits per heavy atom. The minimum absolute atomic E-state index is 0. The van der Waals surface area contributed by atoms with Crippen molar-refractivity contribution in [2.75, 3.05) is 6.61 Å². The van der Waals surface area contributed by atoms with Gasteiger partial charge in [-0.1, -0.05) is 42.0 Å². The average Bonchev–Trinajstić information content (AvgIpc) is 2.96. The summed E-state index contributed by atoms with van der Waals surface area (Å²) >= 11 is 0. The maximum atomic E-state index is 12.6. The minimum Gasteiger partial charge on any atom is -0.396 e. The molecule has 159 valence electrons. The first kappa shape index (κ1) is 25.4. The summed E-state index contributed by atoms with van der Waals surface area (Å²) in [5.74, 6) is 0.0886. The number of carbonyl (C=O) groups excluding carboxylic acids is 1. The van der Waals surface area contributed by atoms with Gasteiger partial charge in [0.2, 0.25) is 0 Å². The predicted octanol–water partition coefficient (Wildman–Crippen LogP) is 3.95. The molecule has 0 heterocycles. The van der Waals surface area contributed by atoms with Crippen molar-refractivity contribution < 1.29 is 47.7 Å². The van der Waals surface area contributed by atoms with E-state index in [1.165, 1.54) is 33.4 Å². The summed E-state index contributed by atoms with van der Waals surface area (Å²) in [7, 11) is 0. The Hall–Kier alpha value is -0.866. The number of aryl methyl sites for hydroxylation is 3. The van der Waals surface area contributed by atoms with Gasteiger partial charge in [0, 0.05) is 51.7 Å². The summed E-state index contributed by atoms with van der Waals surface area (Å²) in [5.41, 5.74) is 7.21. The summed E-state index contributed by atoms with van der Waals surface area (Å²) in [5, 5.41) is 19.8. The Kier molecular flexibility index (Phi) is 9.88. The zero-order valence-corrected chi connectivity index (χ0v) is 21.1. The van der Waals surface area contributed by atoms with Crippen LogP contribution in [0.15, 0.2) is 36.4 Å². The van der Waals surface area contributed by atoms with Gasteiger partial charge in [-0.2, -0.15) is 6.42 Å². The quantitative estimate of drug-likeness (QED) is 0.561. The summed E-state index contributed by atoms with van der Waals surface area (Å²) in [6.45, 7) is 8.28. The number of ketones is 1. The van der Waals surface area contributed by atoms with Crippen molar-refractivity contribution >= 4 is 5.78 Å². The van der Waals surface area contributed by atoms with Gasteiger partial charge in [-0.15, -0.1) is 0 Å². The molecule has 1 saturated carbocycles. The van der Waals surface area contributed by atoms with E-state index in [1.54, 1.807) is 0 Å². The number of rotatable bonds is 8. The standard InChI is InChI=1S/C26H33O3.Y/c1-4-19-6-5-7-20(14-19)15-24-23(25(28)16-26(24)29)9-8-21-12-17(2)22(10-11-27)18(3)13-21;/h5-7,12-14,23-24,26-27,29H,1,4,8-11,15-16H2,2-3H3;/q-1;/t23-,24-,26?;/m1./s1. The van der Waals surface area contributed by atoms with Crippen molar-refractivity contribution in [3.8, 4) is 0 Å². The van der Waals surface area contributed by atoms with Crippen LogP contribution in [0.1, 0.15) is 46.2 Å². The molecule has 30 heavy (non-hydrogen) atoms. The SMILES string of the molecule is [CH2-]Cc1cccc(C[C@H]2C(O)CC(=O)[C@@H]2CCc2cc(C)c(CCO)c(C)c2)c1.[Y]. The first-order valence-corrected chi connectivity index (χ1v) is 10.7. The molecule has 0 aromatic heterocycles. The van der Waals surface area contributed by atoms with E-state index in [-0.39, 0.29) is 63.4 Å². The Balaban J connectivity index is 0.00000320. The molecule has 3 nitrogen and oxygen atoms in total. The Morgan fingerprint density at radius 2 is 1.70 bits per heavy atom. The second-order valence-electron chi connectivity index (χ2n) is 8.50. The van der Waals surface area contributed by atoms with Crippen LogP contribution in [0.4, 0.5) is 0 Å². The van der Waals surface area contributed by atoms with Crippen LogP contribution in [0, 0.1) is 32.6 Å². The molecule has 1 radical (unpaired) electrons. The first-order valence-electron chi connectivity index (χ1n) is 10.7. The van der Waals surface area contributed by atoms with Crippen molar-refractivity contribution in [2.45, 2.75) is 58.5 Å². The predicted molar refractivity (Wildman–Crippen MR) is 117 cm³/mol. The van der Waals surface area contributed by atoms with Gasteiger partial charge in [0.1, 0.15) is 5.78 Å². The van der Waals surface area contributed by atoms with E-state index in [0.29, 0.717) is 6.42 Å². The van der Waals surface area contributed by atoms with Crippen molar-refractivity contribution in [2.24, 2.45) is 11.8 Å². The van der Waals surface area contributed by atoms with Crippen LogP contribution in [-0.4, -0.2) is 28.7 Å². The molecule has 0 aliphatic heterocycles. The number of carbonyl (C=O) groups is 1. The van der Waals surface area contributed by atoms with E-state index in [0.717, 1.165) is 25.7 Å². The molecule has 2 aromatic carbocycles. The number of aliphatic hydroxyl groups is 2. The molecule has 1 fully saturated rings. The van der Waals surface area contributed by atoms with Crippen LogP contribution >= 0.6 is 0 Å². The van der Waals surface area contributed by atoms with Crippen molar-refractivity contribution in [3.05, 3.63) is 76.7 Å². The van der Waals surface area contributed by atoms with Crippen LogP contribution in [-0.2, 0) is 63.2 Å². The molecule has 0 spiro atoms. The molecular weight excluding hydrogens is 449 g/mol. The third-order valence-electron chi connectivity index (χ3n) is 6.45. The van der Waals surface area contributed by atoms with Crippen molar-refractivity contribution in [3.63, 3.8) is 0 Å². The Labute approximate surface area is 206 Å². The minimum atomic E-state index is -0.550. The maximum Gasteiger partial charge on any atom is 0.138 e. The number of hydrogen-bond acceptors (Lipinski definition) is 3. The van der Waals surface area contributed by atoms with E-state index in [1.807, 2.05) is 6.07 Å². The smallest absolute Gasteiger partial charge is 0.138 e. The summed E-state index contributed by atoms with van der Waals surface area (Å²) < 4.78 is 0. The van der Waals surface area contributed by atoms with Crippen LogP contribution in [0.2, 0.25) is 0 Å². The molecule has 0 amide bonds. The van der Waals surface area contributed by atoms with Gasteiger partial charge < -0.3 is 17.1 Å². The summed E-state index contributed by atoms with van der Waals surface area (Å²) in [6, 6.07) is 12.7. The zero-order valence-electron chi connectivity index (χ0n) is 18.2. The number of hydrogen-bond donors (Lipinski definition) is 2. The Morgan fingerprint density at radius 1 is 1.03 bits per heavy atom. The van der Waals surface area contributed by atoms with Crippen LogP contribution in [0.25, 0.3) is 0 Å². The third-order valence-corrected chi connectivity index (χ3v) is 6.45. The van der Waals surface area contributed by atoms with E-state index in [2.05, 4.69) is 51.1 Å². The van der Waals surface area contributed by atoms with E-state index in [9.17, 15) is 15.0 Å². The molecule has 0 bridgehead atoms. The second-order valence-corrected chi connectivity index (χ2v) is 8.50. The molecule has 1 aliphatic carbocycles. The van der Waals surface area contributed by atoms with Gasteiger partial charge in [0.15, 0.2) is 0 Å². The van der Waals surface area contributed by atoms with Crippen LogP contribution in [0.5, 0.6) is 0 Å². The van der Waals surface area contributed by atoms with Gasteiger partial charge >= 0.3 is 0 Å². The topological polar surface area (TPSA) is 57.5 Å². The number of Topliss-reactive ketones (excluding diaryl/α,β-unsaturated/α-hetero) is 1. The third kappa shape index (κ3) is 6.10. The fourth-order valence-electron chi connectivity index (χ4n) is 4.91. The van der Waals surface area contributed by atoms with E-state index < -0.39 is 6.10 Å². The molecular formula is C26H33O3Y-. The van der Waals surface area contributed by atoms with Gasteiger partial charge in [-0.05, 0) is 73.3 Å². The van der Waals surface area contributed by atoms with Gasteiger partial charge in [0.25, 0.3) is 0 Å². The fourth-order valence-corrected chi connectivity index (χ4v) is 4.91. The van der Waals surface area contributed by atoms with E-state index in [4.69, 9.17) is 0 Å². The first-order chi connectivity index (χ1) is 13.9. The largest absolute Gasteiger partial charge is 0.396 e. The Bertz CT molecular complexity index is 838. The average molecular weight is 482 g/mol. The maximum absolute atomic E-state index is 12.6. The molecule has 1 aliphatic rings. The molecule has 2 N–H and O–H groups in total. The molecule has 3 rings (SSSR count). The number of aliphatic hydroxyl groups excluding tert-OH is 2. The van der Waals surface area contributed by atoms with E-state index >= 15 is 0 Å². The molecule has 2 aromatic rings. The van der Waals surface area contributed by atoms with Gasteiger partial charge in [-0.25, -0.2) is 0 Å². The molecule has 4 heteroatoms. The van der Waals surface area contributed by atoms with Crippen LogP contribution in [0.3, 0.4) is 0 Å². The van der Waals surface area contributed by atoms with Crippen LogP contribution < -0.4 is 0 Å². The fraction of sp³-hybridized carbons (Fsp3) is 0.462. The molecule has 1 unspecified atom stereocenters. The van der Waals surface area contributed by atoms with Gasteiger partial charge in [0.05, 0.1) is 6.10 Å². The monoisotopic (exact) mass is 482 g/mol. The number of benzene rings is 2. The summed E-state index contributed by atoms with van der Waals surface area (Å²) in [4.78, 5) is 12.6. The van der Waals surface area contributed by atoms with Crippen molar-refractivity contribution in [1.29, 1.82) is 0 Å².